The molecular weight excluding hydrogens is 195 g/mol. The van der Waals surface area contributed by atoms with Gasteiger partial charge in [0.2, 0.25) is 0 Å². The Balaban J connectivity index is 2.73. The summed E-state index contributed by atoms with van der Waals surface area (Å²) in [6, 6.07) is 0. The summed E-state index contributed by atoms with van der Waals surface area (Å²) >= 11 is 11.0. The molecule has 0 spiro atoms. The van der Waals surface area contributed by atoms with Gasteiger partial charge in [0.15, 0.2) is 0 Å². The van der Waals surface area contributed by atoms with Crippen molar-refractivity contribution in [3.05, 3.63) is 0 Å². The average Bonchev–Trinajstić information content (AvgIpc) is 2.10. The summed E-state index contributed by atoms with van der Waals surface area (Å²) in [5.41, 5.74) is 0. The van der Waals surface area contributed by atoms with Gasteiger partial charge in [-0.25, -0.2) is 0 Å². The standard InChI is InChI=1S/C9H18Cl2O/c10-6-2-1-4-8-12-9-5-3-7-11/h1-9H2. The first-order valence-electron chi connectivity index (χ1n) is 4.61. The Kier molecular flexibility index (Phi) is 12.1. The first-order valence-corrected chi connectivity index (χ1v) is 5.68. The van der Waals surface area contributed by atoms with E-state index >= 15 is 0 Å². The van der Waals surface area contributed by atoms with E-state index in [1.54, 1.807) is 0 Å². The van der Waals surface area contributed by atoms with Crippen molar-refractivity contribution in [2.24, 2.45) is 0 Å². The summed E-state index contributed by atoms with van der Waals surface area (Å²) in [5, 5.41) is 0. The van der Waals surface area contributed by atoms with E-state index in [1.165, 1.54) is 6.42 Å². The molecule has 0 aromatic carbocycles. The molecule has 0 N–H and O–H groups in total. The molecule has 0 aliphatic rings. The van der Waals surface area contributed by atoms with Crippen LogP contribution in [0.4, 0.5) is 0 Å². The number of hydrogen-bond acceptors (Lipinski definition) is 1. The summed E-state index contributed by atoms with van der Waals surface area (Å²) in [6.07, 6.45) is 5.56. The molecule has 0 unspecified atom stereocenters. The molecule has 0 fully saturated rings. The van der Waals surface area contributed by atoms with E-state index in [4.69, 9.17) is 27.9 Å². The van der Waals surface area contributed by atoms with Crippen LogP contribution in [0.5, 0.6) is 0 Å². The zero-order chi connectivity index (χ0) is 9.07. The van der Waals surface area contributed by atoms with Gasteiger partial charge in [-0.05, 0) is 32.1 Å². The van der Waals surface area contributed by atoms with Crippen LogP contribution in [0.3, 0.4) is 0 Å². The average molecular weight is 213 g/mol. The zero-order valence-corrected chi connectivity index (χ0v) is 9.04. The topological polar surface area (TPSA) is 9.23 Å². The molecule has 3 heteroatoms. The van der Waals surface area contributed by atoms with Gasteiger partial charge in [-0.15, -0.1) is 23.2 Å². The van der Waals surface area contributed by atoms with E-state index < -0.39 is 0 Å². The maximum atomic E-state index is 5.53. The fourth-order valence-electron chi connectivity index (χ4n) is 0.876. The van der Waals surface area contributed by atoms with Gasteiger partial charge >= 0.3 is 0 Å². The fraction of sp³-hybridized carbons (Fsp3) is 1.00. The van der Waals surface area contributed by atoms with Crippen LogP contribution in [-0.2, 0) is 4.74 Å². The van der Waals surface area contributed by atoms with Crippen molar-refractivity contribution in [3.63, 3.8) is 0 Å². The lowest BCUT2D eigenvalue weighted by Crippen LogP contribution is -1.97. The van der Waals surface area contributed by atoms with Gasteiger partial charge in [-0.3, -0.25) is 0 Å². The lowest BCUT2D eigenvalue weighted by atomic mass is 10.3. The Hall–Kier alpha value is 0.540. The molecule has 0 amide bonds. The minimum atomic E-state index is 0.746. The summed E-state index contributed by atoms with van der Waals surface area (Å²) in [4.78, 5) is 0. The quantitative estimate of drug-likeness (QED) is 0.421. The van der Waals surface area contributed by atoms with Crippen molar-refractivity contribution in [2.45, 2.75) is 32.1 Å². The maximum Gasteiger partial charge on any atom is 0.0466 e. The molecule has 0 saturated heterocycles. The second-order valence-corrected chi connectivity index (χ2v) is 3.51. The van der Waals surface area contributed by atoms with Gasteiger partial charge in [0, 0.05) is 25.0 Å². The van der Waals surface area contributed by atoms with Crippen LogP contribution >= 0.6 is 23.2 Å². The van der Waals surface area contributed by atoms with Crippen LogP contribution in [0.1, 0.15) is 32.1 Å². The molecule has 0 aromatic heterocycles. The van der Waals surface area contributed by atoms with E-state index in [-0.39, 0.29) is 0 Å². The Morgan fingerprint density at radius 2 is 1.17 bits per heavy atom. The van der Waals surface area contributed by atoms with Crippen LogP contribution in [0, 0.1) is 0 Å². The number of hydrogen-bond donors (Lipinski definition) is 0. The van der Waals surface area contributed by atoms with Crippen molar-refractivity contribution in [2.75, 3.05) is 25.0 Å². The Morgan fingerprint density at radius 1 is 0.667 bits per heavy atom. The molecule has 12 heavy (non-hydrogen) atoms. The third-order valence-corrected chi connectivity index (χ3v) is 2.13. The Bertz CT molecular complexity index is 68.9. The predicted octanol–water partition coefficient (Wildman–Crippen LogP) is 3.43. The maximum absolute atomic E-state index is 5.53. The van der Waals surface area contributed by atoms with Gasteiger partial charge in [0.05, 0.1) is 0 Å². The molecule has 0 aliphatic heterocycles. The Morgan fingerprint density at radius 3 is 1.75 bits per heavy atom. The molecule has 1 nitrogen and oxygen atoms in total. The lowest BCUT2D eigenvalue weighted by Gasteiger charge is -2.02. The summed E-state index contributed by atoms with van der Waals surface area (Å²) in [5.74, 6) is 1.52. The van der Waals surface area contributed by atoms with Crippen molar-refractivity contribution in [3.8, 4) is 0 Å². The van der Waals surface area contributed by atoms with E-state index in [0.717, 1.165) is 50.7 Å². The minimum absolute atomic E-state index is 0.746. The normalized spacial score (nSPS) is 10.5. The highest BCUT2D eigenvalue weighted by Gasteiger charge is 1.90. The lowest BCUT2D eigenvalue weighted by molar-refractivity contribution is 0.127. The van der Waals surface area contributed by atoms with Gasteiger partial charge in [0.25, 0.3) is 0 Å². The number of rotatable bonds is 9. The SMILES string of the molecule is ClCCCCCOCCCCCl. The minimum Gasteiger partial charge on any atom is -0.381 e. The number of ether oxygens (including phenoxy) is 1. The van der Waals surface area contributed by atoms with Crippen LogP contribution < -0.4 is 0 Å². The molecule has 74 valence electrons. The van der Waals surface area contributed by atoms with E-state index in [0.29, 0.717) is 0 Å². The highest BCUT2D eigenvalue weighted by Crippen LogP contribution is 1.98. The molecular formula is C9H18Cl2O. The number of alkyl halides is 2. The van der Waals surface area contributed by atoms with Crippen molar-refractivity contribution in [1.29, 1.82) is 0 Å². The number of unbranched alkanes of at least 4 members (excludes halogenated alkanes) is 3. The van der Waals surface area contributed by atoms with E-state index in [2.05, 4.69) is 0 Å². The highest BCUT2D eigenvalue weighted by molar-refractivity contribution is 6.18. The summed E-state index contributed by atoms with van der Waals surface area (Å²) in [7, 11) is 0. The third-order valence-electron chi connectivity index (χ3n) is 1.59. The summed E-state index contributed by atoms with van der Waals surface area (Å²) < 4.78 is 5.38. The van der Waals surface area contributed by atoms with Crippen molar-refractivity contribution in [1.82, 2.24) is 0 Å². The molecule has 0 heterocycles. The highest BCUT2D eigenvalue weighted by atomic mass is 35.5. The van der Waals surface area contributed by atoms with Crippen LogP contribution in [-0.4, -0.2) is 25.0 Å². The van der Waals surface area contributed by atoms with Crippen LogP contribution in [0.2, 0.25) is 0 Å². The molecule has 0 aromatic rings. The molecule has 0 bridgehead atoms. The predicted molar refractivity (Wildman–Crippen MR) is 55.3 cm³/mol. The zero-order valence-electron chi connectivity index (χ0n) is 7.53. The molecule has 0 atom stereocenters. The fourth-order valence-corrected chi connectivity index (χ4v) is 1.25. The molecule has 0 aliphatic carbocycles. The van der Waals surface area contributed by atoms with Gasteiger partial charge in [-0.2, -0.15) is 0 Å². The monoisotopic (exact) mass is 212 g/mol. The molecule has 0 rings (SSSR count). The van der Waals surface area contributed by atoms with Crippen molar-refractivity contribution >= 4 is 23.2 Å². The second kappa shape index (κ2) is 11.5. The van der Waals surface area contributed by atoms with E-state index in [9.17, 15) is 0 Å². The number of halogens is 2. The van der Waals surface area contributed by atoms with Gasteiger partial charge in [0.1, 0.15) is 0 Å². The second-order valence-electron chi connectivity index (χ2n) is 2.76. The van der Waals surface area contributed by atoms with Crippen LogP contribution in [0.15, 0.2) is 0 Å². The third kappa shape index (κ3) is 10.5. The molecule has 0 radical (unpaired) electrons. The van der Waals surface area contributed by atoms with Crippen LogP contribution in [0.25, 0.3) is 0 Å². The van der Waals surface area contributed by atoms with Gasteiger partial charge < -0.3 is 4.74 Å². The van der Waals surface area contributed by atoms with E-state index in [1.807, 2.05) is 0 Å². The Labute approximate surface area is 85.4 Å². The first-order chi connectivity index (χ1) is 5.91. The van der Waals surface area contributed by atoms with Crippen molar-refractivity contribution < 1.29 is 4.74 Å². The largest absolute Gasteiger partial charge is 0.381 e. The smallest absolute Gasteiger partial charge is 0.0466 e. The molecule has 0 saturated carbocycles. The van der Waals surface area contributed by atoms with Gasteiger partial charge in [-0.1, -0.05) is 0 Å². The first kappa shape index (κ1) is 12.5. The summed E-state index contributed by atoms with van der Waals surface area (Å²) in [6.45, 7) is 1.73.